The van der Waals surface area contributed by atoms with Crippen molar-refractivity contribution in [3.8, 4) is 0 Å². The van der Waals surface area contributed by atoms with Gasteiger partial charge >= 0.3 is 5.97 Å². The molecule has 1 aromatic carbocycles. The van der Waals surface area contributed by atoms with Crippen molar-refractivity contribution >= 4 is 23.4 Å². The van der Waals surface area contributed by atoms with E-state index in [0.717, 1.165) is 0 Å². The van der Waals surface area contributed by atoms with Crippen LogP contribution in [0.25, 0.3) is 0 Å². The summed E-state index contributed by atoms with van der Waals surface area (Å²) in [6.45, 7) is 1.49. The van der Waals surface area contributed by atoms with Crippen LogP contribution in [0.1, 0.15) is 27.6 Å². The number of pyridine rings is 1. The fraction of sp³-hybridized carbons (Fsp3) is 0.133. The molecule has 108 valence electrons. The largest absolute Gasteiger partial charge is 0.619 e. The second-order valence-electron chi connectivity index (χ2n) is 4.37. The number of aromatic nitrogens is 1. The highest BCUT2D eigenvalue weighted by Gasteiger charge is 2.20. The van der Waals surface area contributed by atoms with Crippen LogP contribution in [0.15, 0.2) is 48.8 Å². The molecule has 0 spiro atoms. The molecule has 2 aromatic rings. The smallest absolute Gasteiger partial charge is 0.339 e. The molecule has 0 aliphatic heterocycles. The van der Waals surface area contributed by atoms with Crippen molar-refractivity contribution in [2.45, 2.75) is 13.0 Å². The number of benzene rings is 1. The Morgan fingerprint density at radius 2 is 1.67 bits per heavy atom. The van der Waals surface area contributed by atoms with E-state index < -0.39 is 12.1 Å². The molecular weight excluding hydrogens is 294 g/mol. The van der Waals surface area contributed by atoms with Crippen molar-refractivity contribution in [1.29, 1.82) is 0 Å². The third-order valence-corrected chi connectivity index (χ3v) is 3.07. The summed E-state index contributed by atoms with van der Waals surface area (Å²) in [6, 6.07) is 8.97. The van der Waals surface area contributed by atoms with E-state index in [2.05, 4.69) is 0 Å². The number of carbonyl (C=O) groups is 2. The molecule has 0 aliphatic carbocycles. The third-order valence-electron chi connectivity index (χ3n) is 2.82. The van der Waals surface area contributed by atoms with E-state index in [9.17, 15) is 14.8 Å². The van der Waals surface area contributed by atoms with Crippen LogP contribution in [0.3, 0.4) is 0 Å². The molecule has 0 bridgehead atoms. The van der Waals surface area contributed by atoms with Crippen molar-refractivity contribution in [1.82, 2.24) is 0 Å². The first-order valence-corrected chi connectivity index (χ1v) is 6.55. The van der Waals surface area contributed by atoms with Crippen molar-refractivity contribution in [3.63, 3.8) is 0 Å². The van der Waals surface area contributed by atoms with Crippen molar-refractivity contribution in [3.05, 3.63) is 70.1 Å². The highest BCUT2D eigenvalue weighted by molar-refractivity contribution is 6.30. The number of ether oxygens (including phenoxy) is 1. The van der Waals surface area contributed by atoms with E-state index in [4.69, 9.17) is 16.3 Å². The van der Waals surface area contributed by atoms with Crippen molar-refractivity contribution < 1.29 is 19.1 Å². The summed E-state index contributed by atoms with van der Waals surface area (Å²) in [7, 11) is 0. The maximum atomic E-state index is 12.1. The maximum absolute atomic E-state index is 12.1. The van der Waals surface area contributed by atoms with Crippen LogP contribution in [0.4, 0.5) is 0 Å². The van der Waals surface area contributed by atoms with E-state index in [1.54, 1.807) is 24.3 Å². The van der Waals surface area contributed by atoms with E-state index in [-0.39, 0.29) is 11.3 Å². The highest BCUT2D eigenvalue weighted by atomic mass is 35.5. The lowest BCUT2D eigenvalue weighted by molar-refractivity contribution is -0.605. The number of hydrogen-bond donors (Lipinski definition) is 0. The van der Waals surface area contributed by atoms with Gasteiger partial charge in [-0.1, -0.05) is 11.6 Å². The van der Waals surface area contributed by atoms with Gasteiger partial charge in [-0.25, -0.2) is 4.79 Å². The second-order valence-corrected chi connectivity index (χ2v) is 4.80. The standard InChI is InChI=1S/C15H12ClNO4/c1-10(14(18)11-2-4-13(16)5-3-11)21-15(19)12-6-8-17(20)9-7-12/h2-10H,1H3/t10-/m0/s1. The minimum Gasteiger partial charge on any atom is -0.619 e. The number of hydrogen-bond acceptors (Lipinski definition) is 4. The lowest BCUT2D eigenvalue weighted by Crippen LogP contribution is -2.27. The number of Topliss-reactive ketones (excluding diaryl/α,β-unsaturated/α-hetero) is 1. The van der Waals surface area contributed by atoms with Gasteiger partial charge in [0.2, 0.25) is 5.78 Å². The molecule has 1 aromatic heterocycles. The van der Waals surface area contributed by atoms with Gasteiger partial charge in [-0.15, -0.1) is 0 Å². The third kappa shape index (κ3) is 3.79. The van der Waals surface area contributed by atoms with Crippen LogP contribution in [-0.4, -0.2) is 17.9 Å². The summed E-state index contributed by atoms with van der Waals surface area (Å²) >= 11 is 5.75. The SMILES string of the molecule is C[C@H](OC(=O)c1cc[n+]([O-])cc1)C(=O)c1ccc(Cl)cc1. The molecular formula is C15H12ClNO4. The minimum absolute atomic E-state index is 0.206. The molecule has 1 atom stereocenters. The molecule has 0 aliphatic rings. The van der Waals surface area contributed by atoms with E-state index in [1.807, 2.05) is 0 Å². The Labute approximate surface area is 126 Å². The fourth-order valence-electron chi connectivity index (χ4n) is 1.68. The van der Waals surface area contributed by atoms with Gasteiger partial charge in [0.1, 0.15) is 0 Å². The zero-order valence-electron chi connectivity index (χ0n) is 11.2. The molecule has 0 saturated carbocycles. The molecule has 0 radical (unpaired) electrons. The van der Waals surface area contributed by atoms with Crippen LogP contribution in [0.2, 0.25) is 5.02 Å². The predicted octanol–water partition coefficient (Wildman–Crippen LogP) is 2.40. The second kappa shape index (κ2) is 6.37. The number of rotatable bonds is 4. The summed E-state index contributed by atoms with van der Waals surface area (Å²) in [5.74, 6) is -0.986. The number of ketones is 1. The average Bonchev–Trinajstić information content (AvgIpc) is 2.47. The average molecular weight is 306 g/mol. The summed E-state index contributed by atoms with van der Waals surface area (Å²) in [5.41, 5.74) is 0.614. The van der Waals surface area contributed by atoms with Crippen molar-refractivity contribution in [2.75, 3.05) is 0 Å². The lowest BCUT2D eigenvalue weighted by atomic mass is 10.1. The highest BCUT2D eigenvalue weighted by Crippen LogP contribution is 2.13. The molecule has 0 unspecified atom stereocenters. The number of carbonyl (C=O) groups excluding carboxylic acids is 2. The topological polar surface area (TPSA) is 70.3 Å². The van der Waals surface area contributed by atoms with Crippen LogP contribution >= 0.6 is 11.6 Å². The van der Waals surface area contributed by atoms with Crippen molar-refractivity contribution in [2.24, 2.45) is 0 Å². The minimum atomic E-state index is -0.932. The Kier molecular flexibility index (Phi) is 4.55. The molecule has 6 heteroatoms. The summed E-state index contributed by atoms with van der Waals surface area (Å²) in [4.78, 5) is 24.0. The first-order chi connectivity index (χ1) is 9.97. The summed E-state index contributed by atoms with van der Waals surface area (Å²) in [6.07, 6.45) is 1.43. The number of nitrogens with zero attached hydrogens (tertiary/aromatic N) is 1. The van der Waals surface area contributed by atoms with Gasteiger partial charge in [0, 0.05) is 22.7 Å². The number of halogens is 1. The van der Waals surface area contributed by atoms with Crippen LogP contribution < -0.4 is 4.73 Å². The van der Waals surface area contributed by atoms with Crippen LogP contribution in [0.5, 0.6) is 0 Å². The fourth-order valence-corrected chi connectivity index (χ4v) is 1.81. The molecule has 2 rings (SSSR count). The normalized spacial score (nSPS) is 11.7. The first-order valence-electron chi connectivity index (χ1n) is 6.17. The van der Waals surface area contributed by atoms with Crippen LogP contribution in [0, 0.1) is 5.21 Å². The van der Waals surface area contributed by atoms with E-state index >= 15 is 0 Å². The Balaban J connectivity index is 2.05. The van der Waals surface area contributed by atoms with Gasteiger partial charge < -0.3 is 9.94 Å². The Morgan fingerprint density at radius 1 is 1.10 bits per heavy atom. The Bertz CT molecular complexity index is 652. The number of esters is 1. The Hall–Kier alpha value is -2.40. The quantitative estimate of drug-likeness (QED) is 0.376. The van der Waals surface area contributed by atoms with Gasteiger partial charge in [-0.2, -0.15) is 4.73 Å². The van der Waals surface area contributed by atoms with Gasteiger partial charge in [0.25, 0.3) is 0 Å². The first kappa shape index (κ1) is 15.0. The molecule has 0 saturated heterocycles. The van der Waals surface area contributed by atoms with Gasteiger partial charge in [-0.3, -0.25) is 4.79 Å². The molecule has 21 heavy (non-hydrogen) atoms. The summed E-state index contributed by atoms with van der Waals surface area (Å²) in [5, 5.41) is 11.4. The molecule has 5 nitrogen and oxygen atoms in total. The molecule has 1 heterocycles. The van der Waals surface area contributed by atoms with Gasteiger partial charge in [0.15, 0.2) is 18.5 Å². The van der Waals surface area contributed by atoms with Crippen LogP contribution in [-0.2, 0) is 4.74 Å². The van der Waals surface area contributed by atoms with E-state index in [0.29, 0.717) is 15.3 Å². The zero-order valence-corrected chi connectivity index (χ0v) is 11.9. The molecule has 0 amide bonds. The predicted molar refractivity (Wildman–Crippen MR) is 76.1 cm³/mol. The summed E-state index contributed by atoms with van der Waals surface area (Å²) < 4.78 is 5.64. The van der Waals surface area contributed by atoms with Gasteiger partial charge in [0.05, 0.1) is 5.56 Å². The molecule has 0 N–H and O–H groups in total. The lowest BCUT2D eigenvalue weighted by Gasteiger charge is -2.12. The van der Waals surface area contributed by atoms with Gasteiger partial charge in [-0.05, 0) is 31.2 Å². The van der Waals surface area contributed by atoms with E-state index in [1.165, 1.54) is 31.5 Å². The maximum Gasteiger partial charge on any atom is 0.339 e. The zero-order chi connectivity index (χ0) is 15.4. The monoisotopic (exact) mass is 305 g/mol. The molecule has 0 fully saturated rings. The Morgan fingerprint density at radius 3 is 2.24 bits per heavy atom.